The molecular formula is C23H26ClN3O3. The van der Waals surface area contributed by atoms with Gasteiger partial charge in [-0.25, -0.2) is 4.79 Å². The fraction of sp³-hybridized carbons (Fsp3) is 0.391. The van der Waals surface area contributed by atoms with E-state index >= 15 is 0 Å². The van der Waals surface area contributed by atoms with Gasteiger partial charge in [-0.3, -0.25) is 9.36 Å². The van der Waals surface area contributed by atoms with Crippen molar-refractivity contribution in [2.75, 3.05) is 24.5 Å². The molecule has 1 fully saturated rings. The zero-order chi connectivity index (χ0) is 21.1. The van der Waals surface area contributed by atoms with Crippen molar-refractivity contribution in [2.45, 2.75) is 32.7 Å². The SMILES string of the molecule is Cc1ccc(Cl)cc1N1CCC(CNC(=O)CCCn2c(=O)oc3ccccc32)C1. The number of benzene rings is 2. The number of anilines is 1. The molecule has 1 aliphatic rings. The Bertz CT molecular complexity index is 1100. The summed E-state index contributed by atoms with van der Waals surface area (Å²) in [5.74, 6) is 0.0694. The number of oxazole rings is 1. The summed E-state index contributed by atoms with van der Waals surface area (Å²) in [5, 5.41) is 3.80. The highest BCUT2D eigenvalue weighted by Gasteiger charge is 2.24. The van der Waals surface area contributed by atoms with Crippen LogP contribution in [0.5, 0.6) is 0 Å². The molecule has 1 aromatic heterocycles. The molecule has 0 saturated carbocycles. The molecule has 7 heteroatoms. The first-order valence-electron chi connectivity index (χ1n) is 10.4. The molecule has 0 radical (unpaired) electrons. The molecule has 1 aliphatic heterocycles. The minimum atomic E-state index is -0.376. The number of nitrogens with zero attached hydrogens (tertiary/aromatic N) is 2. The monoisotopic (exact) mass is 427 g/mol. The highest BCUT2D eigenvalue weighted by atomic mass is 35.5. The van der Waals surface area contributed by atoms with Crippen LogP contribution in [0.4, 0.5) is 5.69 Å². The van der Waals surface area contributed by atoms with Crippen LogP contribution in [0, 0.1) is 12.8 Å². The second kappa shape index (κ2) is 8.96. The fourth-order valence-corrected chi connectivity index (χ4v) is 4.28. The van der Waals surface area contributed by atoms with Crippen molar-refractivity contribution >= 4 is 34.3 Å². The van der Waals surface area contributed by atoms with Gasteiger partial charge in [-0.1, -0.05) is 29.8 Å². The van der Waals surface area contributed by atoms with Crippen LogP contribution in [0.2, 0.25) is 5.02 Å². The van der Waals surface area contributed by atoms with Crippen molar-refractivity contribution in [1.82, 2.24) is 9.88 Å². The van der Waals surface area contributed by atoms with Crippen LogP contribution in [0.1, 0.15) is 24.8 Å². The third-order valence-corrected chi connectivity index (χ3v) is 5.98. The zero-order valence-electron chi connectivity index (χ0n) is 17.1. The summed E-state index contributed by atoms with van der Waals surface area (Å²) in [5.41, 5.74) is 3.73. The van der Waals surface area contributed by atoms with E-state index < -0.39 is 0 Å². The molecule has 0 spiro atoms. The molecule has 2 aromatic carbocycles. The molecule has 0 aliphatic carbocycles. The molecule has 1 unspecified atom stereocenters. The van der Waals surface area contributed by atoms with Crippen LogP contribution in [0.3, 0.4) is 0 Å². The number of nitrogens with one attached hydrogen (secondary N) is 1. The van der Waals surface area contributed by atoms with E-state index in [-0.39, 0.29) is 11.7 Å². The summed E-state index contributed by atoms with van der Waals surface area (Å²) in [6.45, 7) is 5.11. The zero-order valence-corrected chi connectivity index (χ0v) is 17.8. The summed E-state index contributed by atoms with van der Waals surface area (Å²) in [4.78, 5) is 26.6. The highest BCUT2D eigenvalue weighted by Crippen LogP contribution is 2.29. The van der Waals surface area contributed by atoms with Crippen LogP contribution < -0.4 is 16.0 Å². The van der Waals surface area contributed by atoms with Gasteiger partial charge in [-0.2, -0.15) is 0 Å². The largest absolute Gasteiger partial charge is 0.419 e. The van der Waals surface area contributed by atoms with Gasteiger partial charge in [0, 0.05) is 43.3 Å². The number of aromatic nitrogens is 1. The maximum absolute atomic E-state index is 12.3. The maximum atomic E-state index is 12.3. The predicted molar refractivity (Wildman–Crippen MR) is 119 cm³/mol. The minimum absolute atomic E-state index is 0.0215. The number of rotatable bonds is 7. The quantitative estimate of drug-likeness (QED) is 0.619. The molecule has 1 amide bonds. The van der Waals surface area contributed by atoms with Crippen molar-refractivity contribution in [3.05, 3.63) is 63.6 Å². The smallest absolute Gasteiger partial charge is 0.408 e. The lowest BCUT2D eigenvalue weighted by atomic mass is 10.1. The van der Waals surface area contributed by atoms with Crippen molar-refractivity contribution in [3.63, 3.8) is 0 Å². The van der Waals surface area contributed by atoms with Gasteiger partial charge in [0.25, 0.3) is 0 Å². The number of fused-ring (bicyclic) bond motifs is 1. The van der Waals surface area contributed by atoms with E-state index in [4.69, 9.17) is 16.0 Å². The Morgan fingerprint density at radius 2 is 2.10 bits per heavy atom. The number of aryl methyl sites for hydroxylation is 2. The molecule has 1 saturated heterocycles. The molecule has 3 aromatic rings. The van der Waals surface area contributed by atoms with E-state index in [2.05, 4.69) is 17.1 Å². The number of hydrogen-bond donors (Lipinski definition) is 1. The number of hydrogen-bond acceptors (Lipinski definition) is 4. The Labute approximate surface area is 180 Å². The lowest BCUT2D eigenvalue weighted by molar-refractivity contribution is -0.121. The Hall–Kier alpha value is -2.73. The van der Waals surface area contributed by atoms with E-state index in [1.165, 1.54) is 11.3 Å². The van der Waals surface area contributed by atoms with Gasteiger partial charge in [0.05, 0.1) is 5.52 Å². The van der Waals surface area contributed by atoms with Crippen molar-refractivity contribution in [2.24, 2.45) is 5.92 Å². The first-order chi connectivity index (χ1) is 14.5. The molecule has 2 heterocycles. The van der Waals surface area contributed by atoms with Crippen molar-refractivity contribution in [3.8, 4) is 0 Å². The number of carbonyl (C=O) groups is 1. The van der Waals surface area contributed by atoms with Crippen molar-refractivity contribution < 1.29 is 9.21 Å². The van der Waals surface area contributed by atoms with Crippen LogP contribution in [-0.4, -0.2) is 30.1 Å². The van der Waals surface area contributed by atoms with E-state index in [0.29, 0.717) is 37.4 Å². The normalized spacial score (nSPS) is 16.3. The Morgan fingerprint density at radius 3 is 2.97 bits per heavy atom. The first kappa shape index (κ1) is 20.5. The molecule has 0 bridgehead atoms. The fourth-order valence-electron chi connectivity index (χ4n) is 4.11. The summed E-state index contributed by atoms with van der Waals surface area (Å²) in [7, 11) is 0. The number of amides is 1. The van der Waals surface area contributed by atoms with E-state index in [1.807, 2.05) is 36.4 Å². The van der Waals surface area contributed by atoms with Crippen LogP contribution in [0.25, 0.3) is 11.1 Å². The van der Waals surface area contributed by atoms with Crippen LogP contribution in [-0.2, 0) is 11.3 Å². The summed E-state index contributed by atoms with van der Waals surface area (Å²) in [6, 6.07) is 13.3. The van der Waals surface area contributed by atoms with Gasteiger partial charge in [0.1, 0.15) is 0 Å². The predicted octanol–water partition coefficient (Wildman–Crippen LogP) is 3.98. The molecule has 158 valence electrons. The van der Waals surface area contributed by atoms with Gasteiger partial charge in [-0.15, -0.1) is 0 Å². The van der Waals surface area contributed by atoms with Crippen LogP contribution >= 0.6 is 11.6 Å². The second-order valence-corrected chi connectivity index (χ2v) is 8.36. The van der Waals surface area contributed by atoms with Gasteiger partial charge in [0.15, 0.2) is 5.58 Å². The minimum Gasteiger partial charge on any atom is -0.408 e. The highest BCUT2D eigenvalue weighted by molar-refractivity contribution is 6.30. The summed E-state index contributed by atoms with van der Waals surface area (Å²) < 4.78 is 6.82. The maximum Gasteiger partial charge on any atom is 0.419 e. The molecule has 6 nitrogen and oxygen atoms in total. The van der Waals surface area contributed by atoms with E-state index in [0.717, 1.165) is 30.0 Å². The average molecular weight is 428 g/mol. The molecule has 4 rings (SSSR count). The molecule has 1 atom stereocenters. The van der Waals surface area contributed by atoms with Crippen molar-refractivity contribution in [1.29, 1.82) is 0 Å². The number of carbonyl (C=O) groups excluding carboxylic acids is 1. The summed E-state index contributed by atoms with van der Waals surface area (Å²) in [6.07, 6.45) is 2.02. The standard InChI is InChI=1S/C23H26ClN3O3/c1-16-8-9-18(24)13-20(16)26-12-10-17(15-26)14-25-22(28)7-4-11-27-19-5-2-3-6-21(19)30-23(27)29/h2-3,5-6,8-9,13,17H,4,7,10-12,14-15H2,1H3,(H,25,28). The first-order valence-corrected chi connectivity index (χ1v) is 10.8. The van der Waals surface area contributed by atoms with E-state index in [9.17, 15) is 9.59 Å². The number of halogens is 1. The Morgan fingerprint density at radius 1 is 1.27 bits per heavy atom. The molecule has 30 heavy (non-hydrogen) atoms. The summed E-state index contributed by atoms with van der Waals surface area (Å²) >= 11 is 6.15. The topological polar surface area (TPSA) is 67.5 Å². The van der Waals surface area contributed by atoms with Gasteiger partial charge in [0.2, 0.25) is 5.91 Å². The average Bonchev–Trinajstić information content (AvgIpc) is 3.33. The van der Waals surface area contributed by atoms with E-state index in [1.54, 1.807) is 10.6 Å². The van der Waals surface area contributed by atoms with Gasteiger partial charge in [-0.05, 0) is 55.5 Å². The third-order valence-electron chi connectivity index (χ3n) is 5.74. The number of para-hydroxylation sites is 2. The lowest BCUT2D eigenvalue weighted by Gasteiger charge is -2.21. The molecular weight excluding hydrogens is 402 g/mol. The van der Waals surface area contributed by atoms with Gasteiger partial charge >= 0.3 is 5.76 Å². The second-order valence-electron chi connectivity index (χ2n) is 7.93. The van der Waals surface area contributed by atoms with Crippen LogP contribution in [0.15, 0.2) is 51.7 Å². The Balaban J connectivity index is 1.23. The van der Waals surface area contributed by atoms with Gasteiger partial charge < -0.3 is 14.6 Å². The Kier molecular flexibility index (Phi) is 6.13. The third kappa shape index (κ3) is 4.54. The lowest BCUT2D eigenvalue weighted by Crippen LogP contribution is -2.31. The molecule has 1 N–H and O–H groups in total.